The minimum Gasteiger partial charge on any atom is -0.395 e. The van der Waals surface area contributed by atoms with Gasteiger partial charge >= 0.3 is 0 Å². The summed E-state index contributed by atoms with van der Waals surface area (Å²) in [4.78, 5) is 10.6. The van der Waals surface area contributed by atoms with Crippen LogP contribution >= 0.6 is 11.6 Å². The quantitative estimate of drug-likeness (QED) is 0.515. The van der Waals surface area contributed by atoms with Gasteiger partial charge in [0.05, 0.1) is 22.3 Å². The van der Waals surface area contributed by atoms with Crippen LogP contribution in [0.4, 0.5) is 10.1 Å². The fraction of sp³-hybridized carbons (Fsp3) is 0.385. The highest BCUT2D eigenvalue weighted by Gasteiger charge is 2.16. The lowest BCUT2D eigenvalue weighted by molar-refractivity contribution is -0.120. The predicted octanol–water partition coefficient (Wildman–Crippen LogP) is 7.16. The number of anilines is 1. The molecule has 2 N–H and O–H groups in total. The van der Waals surface area contributed by atoms with E-state index in [1.54, 1.807) is 6.07 Å². The normalized spacial score (nSPS) is 14.6. The Labute approximate surface area is 189 Å². The van der Waals surface area contributed by atoms with Crippen LogP contribution in [0.15, 0.2) is 30.3 Å². The van der Waals surface area contributed by atoms with Crippen molar-refractivity contribution in [3.63, 3.8) is 0 Å². The molecular formula is C26H30ClFN2O. The number of benzene rings is 2. The van der Waals surface area contributed by atoms with E-state index >= 15 is 0 Å². The molecule has 0 radical (unpaired) electrons. The third-order valence-corrected chi connectivity index (χ3v) is 6.05. The lowest BCUT2D eigenvalue weighted by Crippen LogP contribution is -2.10. The highest BCUT2D eigenvalue weighted by Crippen LogP contribution is 2.36. The summed E-state index contributed by atoms with van der Waals surface area (Å²) in [6, 6.07) is 8.96. The summed E-state index contributed by atoms with van der Waals surface area (Å²) >= 11 is 6.27. The smallest absolute Gasteiger partial charge is 0.147 e. The van der Waals surface area contributed by atoms with Gasteiger partial charge in [0.15, 0.2) is 0 Å². The van der Waals surface area contributed by atoms with E-state index in [0.29, 0.717) is 16.9 Å². The maximum Gasteiger partial charge on any atom is 0.147 e. The van der Waals surface area contributed by atoms with E-state index in [1.807, 2.05) is 39.0 Å². The van der Waals surface area contributed by atoms with Crippen molar-refractivity contribution in [1.29, 1.82) is 5.26 Å². The molecule has 164 valence electrons. The van der Waals surface area contributed by atoms with E-state index in [1.165, 1.54) is 6.07 Å². The third-order valence-electron chi connectivity index (χ3n) is 5.64. The van der Waals surface area contributed by atoms with Crippen molar-refractivity contribution in [2.24, 2.45) is 5.92 Å². The molecule has 0 amide bonds. The summed E-state index contributed by atoms with van der Waals surface area (Å²) in [7, 11) is 0. The summed E-state index contributed by atoms with van der Waals surface area (Å²) in [6.45, 7) is 8.11. The van der Waals surface area contributed by atoms with Crippen LogP contribution in [0.1, 0.15) is 73.8 Å². The van der Waals surface area contributed by atoms with Gasteiger partial charge in [-0.05, 0) is 79.5 Å². The maximum absolute atomic E-state index is 13.6. The fourth-order valence-corrected chi connectivity index (χ4v) is 3.95. The number of aryl methyl sites for hydroxylation is 2. The molecule has 0 aliphatic heterocycles. The molecule has 1 fully saturated rings. The Balaban J connectivity index is 0.000000357. The molecule has 0 atom stereocenters. The number of carbonyl (C=O) groups is 1. The van der Waals surface area contributed by atoms with Crippen LogP contribution < -0.4 is 5.73 Å². The molecule has 1 aliphatic carbocycles. The molecule has 5 heteroatoms. The first-order valence-corrected chi connectivity index (χ1v) is 11.0. The standard InChI is InChI=1S/C19H18ClFN2.C7H12O/c1-4-5-14(15-6-7-17(21)19(23)18(15)20)16-9-13(10-22)11(2)8-12(16)3;1-6-2-4-7(8)5-3-6/h5-9H,4,23H2,1-3H3;6H,2-5H2,1H3/b14-5-;. The van der Waals surface area contributed by atoms with Crippen LogP contribution in [0.25, 0.3) is 5.57 Å². The molecular weight excluding hydrogens is 411 g/mol. The monoisotopic (exact) mass is 440 g/mol. The van der Waals surface area contributed by atoms with E-state index in [9.17, 15) is 14.4 Å². The van der Waals surface area contributed by atoms with Crippen molar-refractivity contribution in [2.75, 3.05) is 5.73 Å². The molecule has 0 unspecified atom stereocenters. The Morgan fingerprint density at radius 2 is 1.87 bits per heavy atom. The number of Topliss-reactive ketones (excluding diaryl/α,β-unsaturated/α-hetero) is 1. The van der Waals surface area contributed by atoms with Gasteiger partial charge in [0.2, 0.25) is 0 Å². The fourth-order valence-electron chi connectivity index (χ4n) is 3.69. The van der Waals surface area contributed by atoms with Gasteiger partial charge in [0, 0.05) is 18.4 Å². The van der Waals surface area contributed by atoms with Gasteiger partial charge in [-0.15, -0.1) is 0 Å². The number of rotatable bonds is 3. The van der Waals surface area contributed by atoms with E-state index in [2.05, 4.69) is 13.0 Å². The van der Waals surface area contributed by atoms with Crippen molar-refractivity contribution in [3.8, 4) is 6.07 Å². The molecule has 1 saturated carbocycles. The average molecular weight is 441 g/mol. The number of hydrogen-bond acceptors (Lipinski definition) is 3. The Bertz CT molecular complexity index is 1030. The largest absolute Gasteiger partial charge is 0.395 e. The predicted molar refractivity (Wildman–Crippen MR) is 126 cm³/mol. The van der Waals surface area contributed by atoms with Crippen LogP contribution in [-0.4, -0.2) is 5.78 Å². The number of nitrogens with two attached hydrogens (primary N) is 1. The second-order valence-electron chi connectivity index (χ2n) is 8.16. The molecule has 31 heavy (non-hydrogen) atoms. The Morgan fingerprint density at radius 3 is 2.42 bits per heavy atom. The van der Waals surface area contributed by atoms with Crippen LogP contribution in [0.5, 0.6) is 0 Å². The highest BCUT2D eigenvalue weighted by molar-refractivity contribution is 6.35. The molecule has 3 rings (SSSR count). The van der Waals surface area contributed by atoms with Crippen molar-refractivity contribution in [1.82, 2.24) is 0 Å². The second kappa shape index (κ2) is 11.1. The number of hydrogen-bond donors (Lipinski definition) is 1. The number of carbonyl (C=O) groups excluding carboxylic acids is 1. The minimum atomic E-state index is -0.534. The summed E-state index contributed by atoms with van der Waals surface area (Å²) in [5.74, 6) is 0.726. The third kappa shape index (κ3) is 6.18. The van der Waals surface area contributed by atoms with E-state index in [4.69, 9.17) is 17.3 Å². The molecule has 2 aromatic carbocycles. The number of nitrogens with zero attached hydrogens (tertiary/aromatic N) is 1. The van der Waals surface area contributed by atoms with Crippen LogP contribution in [0.3, 0.4) is 0 Å². The summed E-state index contributed by atoms with van der Waals surface area (Å²) in [5.41, 5.74) is 10.7. The van der Waals surface area contributed by atoms with Gasteiger partial charge in [0.25, 0.3) is 0 Å². The van der Waals surface area contributed by atoms with Crippen LogP contribution in [-0.2, 0) is 4.79 Å². The highest BCUT2D eigenvalue weighted by atomic mass is 35.5. The van der Waals surface area contributed by atoms with Crippen molar-refractivity contribution in [3.05, 3.63) is 69.0 Å². The second-order valence-corrected chi connectivity index (χ2v) is 8.54. The first-order chi connectivity index (χ1) is 14.7. The van der Waals surface area contributed by atoms with Crippen molar-refractivity contribution < 1.29 is 9.18 Å². The molecule has 0 aromatic heterocycles. The minimum absolute atomic E-state index is 0.0589. The lowest BCUT2D eigenvalue weighted by Gasteiger charge is -2.16. The molecule has 3 nitrogen and oxygen atoms in total. The van der Waals surface area contributed by atoms with E-state index in [0.717, 1.165) is 60.3 Å². The van der Waals surface area contributed by atoms with Crippen molar-refractivity contribution >= 4 is 28.6 Å². The molecule has 0 spiro atoms. The average Bonchev–Trinajstić information content (AvgIpc) is 2.74. The lowest BCUT2D eigenvalue weighted by atomic mass is 9.90. The number of nitrogen functional groups attached to an aromatic ring is 1. The number of nitriles is 1. The van der Waals surface area contributed by atoms with E-state index in [-0.39, 0.29) is 10.7 Å². The van der Waals surface area contributed by atoms with Gasteiger partial charge in [-0.25, -0.2) is 4.39 Å². The first-order valence-electron chi connectivity index (χ1n) is 10.7. The van der Waals surface area contributed by atoms with Gasteiger partial charge in [-0.1, -0.05) is 37.6 Å². The summed E-state index contributed by atoms with van der Waals surface area (Å²) in [6.07, 6.45) is 6.70. The molecule has 1 aliphatic rings. The number of halogens is 2. The van der Waals surface area contributed by atoms with Crippen LogP contribution in [0, 0.1) is 36.9 Å². The number of allylic oxidation sites excluding steroid dienone is 1. The maximum atomic E-state index is 13.6. The van der Waals surface area contributed by atoms with Gasteiger partial charge in [0.1, 0.15) is 11.6 Å². The van der Waals surface area contributed by atoms with E-state index < -0.39 is 5.82 Å². The Morgan fingerprint density at radius 1 is 1.23 bits per heavy atom. The zero-order valence-electron chi connectivity index (χ0n) is 18.7. The van der Waals surface area contributed by atoms with Gasteiger partial charge < -0.3 is 5.73 Å². The van der Waals surface area contributed by atoms with Crippen molar-refractivity contribution in [2.45, 2.75) is 59.8 Å². The zero-order chi connectivity index (χ0) is 23.1. The molecule has 0 bridgehead atoms. The topological polar surface area (TPSA) is 66.9 Å². The number of ketones is 1. The summed E-state index contributed by atoms with van der Waals surface area (Å²) in [5, 5.41) is 9.48. The first kappa shape index (κ1) is 24.6. The Hall–Kier alpha value is -2.64. The molecule has 0 heterocycles. The van der Waals surface area contributed by atoms with Crippen LogP contribution in [0.2, 0.25) is 5.02 Å². The van der Waals surface area contributed by atoms with Gasteiger partial charge in [-0.2, -0.15) is 5.26 Å². The molecule has 0 saturated heterocycles. The zero-order valence-corrected chi connectivity index (χ0v) is 19.4. The van der Waals surface area contributed by atoms with Gasteiger partial charge in [-0.3, -0.25) is 4.79 Å². The molecule has 2 aromatic rings. The summed E-state index contributed by atoms with van der Waals surface area (Å²) < 4.78 is 13.6. The SMILES string of the molecule is CC/C=C(\c1cc(C#N)c(C)cc1C)c1ccc(F)c(N)c1Cl.CC1CCC(=O)CC1. The Kier molecular flexibility index (Phi) is 8.83.